The number of hydrogen-bond acceptors (Lipinski definition) is 10. The number of amides is 1. The second-order valence-corrected chi connectivity index (χ2v) is 8.88. The molecule has 0 saturated carbocycles. The van der Waals surface area contributed by atoms with E-state index in [4.69, 9.17) is 30.5 Å². The van der Waals surface area contributed by atoms with Gasteiger partial charge in [0.1, 0.15) is 23.4 Å². The van der Waals surface area contributed by atoms with Gasteiger partial charge in [0.2, 0.25) is 0 Å². The first-order chi connectivity index (χ1) is 20.0. The van der Waals surface area contributed by atoms with E-state index in [2.05, 4.69) is 25.4 Å². The smallest absolute Gasteiger partial charge is 0.350 e. The molecular weight excluding hydrogens is 546 g/mol. The summed E-state index contributed by atoms with van der Waals surface area (Å²) in [5.41, 5.74) is 6.91. The zero-order valence-electron chi connectivity index (χ0n) is 23.4. The molecule has 4 rings (SSSR count). The number of rotatable bonds is 10. The Morgan fingerprint density at radius 2 is 1.76 bits per heavy atom. The van der Waals surface area contributed by atoms with Crippen LogP contribution >= 0.6 is 0 Å². The number of nitrogens with zero attached hydrogens (tertiary/aromatic N) is 5. The molecule has 0 spiro atoms. The highest BCUT2D eigenvalue weighted by Gasteiger charge is 2.23. The number of amidine groups is 1. The molecule has 4 aromatic rings. The lowest BCUT2D eigenvalue weighted by atomic mass is 10.0. The van der Waals surface area contributed by atoms with Gasteiger partial charge in [-0.1, -0.05) is 0 Å². The van der Waals surface area contributed by atoms with Gasteiger partial charge in [-0.2, -0.15) is 0 Å². The molecule has 220 valence electrons. The lowest BCUT2D eigenvalue weighted by molar-refractivity contribution is -0.134. The molecule has 1 atom stereocenters. The number of likely N-dealkylation sites (N-methyl/N-ethyl adjacent to an activating group) is 1. The number of carbonyl (C=O) groups is 2. The monoisotopic (exact) mass is 577 g/mol. The van der Waals surface area contributed by atoms with Crippen LogP contribution in [0.1, 0.15) is 29.9 Å². The topological polar surface area (TPSA) is 214 Å². The van der Waals surface area contributed by atoms with Gasteiger partial charge in [0.15, 0.2) is 12.4 Å². The SMILES string of the molecule is CC(=O)O.COc1cc(OCC(=O)N(C)C)cc(C(Nc2ccc(C(=N)N)cc2)c2nn(-c3ncccn3)c(=O)[nH]2)c1. The van der Waals surface area contributed by atoms with Crippen molar-refractivity contribution in [1.82, 2.24) is 29.6 Å². The summed E-state index contributed by atoms with van der Waals surface area (Å²) in [4.78, 5) is 46.3. The van der Waals surface area contributed by atoms with E-state index in [-0.39, 0.29) is 30.1 Å². The van der Waals surface area contributed by atoms with Crippen molar-refractivity contribution >= 4 is 23.4 Å². The van der Waals surface area contributed by atoms with Crippen LogP contribution in [0.15, 0.2) is 65.7 Å². The van der Waals surface area contributed by atoms with Crippen LogP contribution in [0.5, 0.6) is 11.5 Å². The number of carbonyl (C=O) groups excluding carboxylic acids is 1. The van der Waals surface area contributed by atoms with Crippen molar-refractivity contribution in [3.63, 3.8) is 0 Å². The number of nitrogens with one attached hydrogen (secondary N) is 3. The van der Waals surface area contributed by atoms with Crippen LogP contribution < -0.4 is 26.2 Å². The maximum Gasteiger partial charge on any atom is 0.350 e. The van der Waals surface area contributed by atoms with Crippen LogP contribution in [0, 0.1) is 5.41 Å². The highest BCUT2D eigenvalue weighted by molar-refractivity contribution is 5.95. The van der Waals surface area contributed by atoms with E-state index >= 15 is 0 Å². The minimum Gasteiger partial charge on any atom is -0.497 e. The van der Waals surface area contributed by atoms with Crippen molar-refractivity contribution in [2.24, 2.45) is 5.73 Å². The van der Waals surface area contributed by atoms with Gasteiger partial charge in [0.25, 0.3) is 17.8 Å². The van der Waals surface area contributed by atoms with Gasteiger partial charge in [-0.3, -0.25) is 20.0 Å². The number of benzene rings is 2. The fourth-order valence-electron chi connectivity index (χ4n) is 3.46. The molecular formula is C27H31N9O6. The molecule has 0 saturated heterocycles. The maximum absolute atomic E-state index is 12.8. The molecule has 1 amide bonds. The summed E-state index contributed by atoms with van der Waals surface area (Å²) in [6.45, 7) is 0.918. The minimum atomic E-state index is -0.833. The summed E-state index contributed by atoms with van der Waals surface area (Å²) in [7, 11) is 4.80. The Kier molecular flexibility index (Phi) is 10.3. The van der Waals surface area contributed by atoms with Crippen molar-refractivity contribution in [3.8, 4) is 17.4 Å². The molecule has 6 N–H and O–H groups in total. The molecule has 0 bridgehead atoms. The third-order valence-corrected chi connectivity index (χ3v) is 5.49. The summed E-state index contributed by atoms with van der Waals surface area (Å²) >= 11 is 0. The largest absolute Gasteiger partial charge is 0.497 e. The molecule has 0 fully saturated rings. The first-order valence-corrected chi connectivity index (χ1v) is 12.4. The molecule has 0 aliphatic rings. The highest BCUT2D eigenvalue weighted by atomic mass is 16.5. The average molecular weight is 578 g/mol. The molecule has 42 heavy (non-hydrogen) atoms. The van der Waals surface area contributed by atoms with E-state index < -0.39 is 17.7 Å². The van der Waals surface area contributed by atoms with Crippen LogP contribution in [0.3, 0.4) is 0 Å². The van der Waals surface area contributed by atoms with Gasteiger partial charge in [-0.15, -0.1) is 9.78 Å². The summed E-state index contributed by atoms with van der Waals surface area (Å²) in [6.07, 6.45) is 3.02. The van der Waals surface area contributed by atoms with E-state index in [1.54, 1.807) is 62.6 Å². The van der Waals surface area contributed by atoms with E-state index in [0.29, 0.717) is 28.3 Å². The number of hydrogen-bond donors (Lipinski definition) is 5. The number of nitrogens with two attached hydrogens (primary N) is 1. The molecule has 15 nitrogen and oxygen atoms in total. The number of nitrogen functional groups attached to an aromatic ring is 1. The van der Waals surface area contributed by atoms with Crippen LogP contribution in [0.2, 0.25) is 0 Å². The summed E-state index contributed by atoms with van der Waals surface area (Å²) in [6, 6.07) is 13.0. The number of ether oxygens (including phenoxy) is 2. The first-order valence-electron chi connectivity index (χ1n) is 12.4. The minimum absolute atomic E-state index is 0.0547. The molecule has 2 heterocycles. The molecule has 2 aromatic heterocycles. The summed E-state index contributed by atoms with van der Waals surface area (Å²) < 4.78 is 12.3. The molecule has 0 aliphatic heterocycles. The molecule has 1 unspecified atom stereocenters. The zero-order valence-corrected chi connectivity index (χ0v) is 23.4. The van der Waals surface area contributed by atoms with Crippen molar-refractivity contribution < 1.29 is 24.2 Å². The van der Waals surface area contributed by atoms with Crippen molar-refractivity contribution in [1.29, 1.82) is 5.41 Å². The predicted octanol–water partition coefficient (Wildman–Crippen LogP) is 1.40. The number of carboxylic acids is 1. The van der Waals surface area contributed by atoms with E-state index in [0.717, 1.165) is 11.6 Å². The lowest BCUT2D eigenvalue weighted by Crippen LogP contribution is -2.27. The number of methoxy groups -OCH3 is 1. The van der Waals surface area contributed by atoms with Gasteiger partial charge in [-0.05, 0) is 48.0 Å². The van der Waals surface area contributed by atoms with Gasteiger partial charge in [0, 0.05) is 50.7 Å². The van der Waals surface area contributed by atoms with Crippen molar-refractivity contribution in [3.05, 3.63) is 88.4 Å². The maximum atomic E-state index is 12.8. The Labute approximate surface area is 240 Å². The number of aromatic amines is 1. The lowest BCUT2D eigenvalue weighted by Gasteiger charge is -2.20. The van der Waals surface area contributed by atoms with E-state index in [1.165, 1.54) is 24.4 Å². The van der Waals surface area contributed by atoms with E-state index in [1.807, 2.05) is 0 Å². The zero-order chi connectivity index (χ0) is 30.8. The quantitative estimate of drug-likeness (QED) is 0.134. The standard InChI is InChI=1S/C25H27N9O4.C2H4O2/c1-33(2)20(35)14-38-19-12-16(11-18(13-19)37-3)21(30-17-7-5-15(6-8-17)22(26)27)23-31-25(36)34(32-23)24-28-9-4-10-29-24;1-2(3)4/h4-13,21,30H,14H2,1-3H3,(H3,26,27)(H,31,32,36);1H3,(H,3,4). The Bertz CT molecular complexity index is 1580. The summed E-state index contributed by atoms with van der Waals surface area (Å²) in [5, 5.41) is 22.8. The normalized spacial score (nSPS) is 11.0. The third-order valence-electron chi connectivity index (χ3n) is 5.49. The molecule has 0 aliphatic carbocycles. The van der Waals surface area contributed by atoms with Gasteiger partial charge < -0.3 is 30.5 Å². The average Bonchev–Trinajstić information content (AvgIpc) is 3.35. The highest BCUT2D eigenvalue weighted by Crippen LogP contribution is 2.31. The number of aromatic nitrogens is 5. The number of anilines is 1. The Hall–Kier alpha value is -5.73. The van der Waals surface area contributed by atoms with Crippen LogP contribution in [0.25, 0.3) is 5.95 Å². The van der Waals surface area contributed by atoms with Gasteiger partial charge in [-0.25, -0.2) is 14.8 Å². The Morgan fingerprint density at radius 1 is 1.14 bits per heavy atom. The first kappa shape index (κ1) is 30.8. The van der Waals surface area contributed by atoms with Crippen LogP contribution in [-0.2, 0) is 9.59 Å². The number of H-pyrrole nitrogens is 1. The number of carboxylic acid groups (broad SMARTS) is 1. The van der Waals surface area contributed by atoms with Crippen molar-refractivity contribution in [2.75, 3.05) is 33.1 Å². The third kappa shape index (κ3) is 8.38. The van der Waals surface area contributed by atoms with Crippen LogP contribution in [-0.4, -0.2) is 80.3 Å². The number of aliphatic carboxylic acids is 1. The van der Waals surface area contributed by atoms with Gasteiger partial charge in [0.05, 0.1) is 7.11 Å². The molecule has 2 aromatic carbocycles. The Morgan fingerprint density at radius 3 is 2.33 bits per heavy atom. The van der Waals surface area contributed by atoms with Crippen LogP contribution in [0.4, 0.5) is 5.69 Å². The fraction of sp³-hybridized carbons (Fsp3) is 0.222. The summed E-state index contributed by atoms with van der Waals surface area (Å²) in [5.74, 6) is 0.146. The Balaban J connectivity index is 0.00000114. The van der Waals surface area contributed by atoms with Crippen molar-refractivity contribution in [2.45, 2.75) is 13.0 Å². The molecule has 0 radical (unpaired) electrons. The fourth-order valence-corrected chi connectivity index (χ4v) is 3.46. The second-order valence-electron chi connectivity index (χ2n) is 8.88. The second kappa shape index (κ2) is 14.1. The van der Waals surface area contributed by atoms with Gasteiger partial charge >= 0.3 is 5.69 Å². The predicted molar refractivity (Wildman–Crippen MR) is 153 cm³/mol. The van der Waals surface area contributed by atoms with E-state index in [9.17, 15) is 9.59 Å². The molecule has 15 heteroatoms.